The number of nitro groups is 1. The van der Waals surface area contributed by atoms with Crippen LogP contribution in [0.4, 0.5) is 5.69 Å². The Morgan fingerprint density at radius 3 is 2.20 bits per heavy atom. The highest BCUT2D eigenvalue weighted by atomic mass is 32.1. The summed E-state index contributed by atoms with van der Waals surface area (Å²) in [5.74, 6) is -0.432. The molecule has 0 atom stereocenters. The Morgan fingerprint density at radius 2 is 1.75 bits per heavy atom. The van der Waals surface area contributed by atoms with E-state index < -0.39 is 10.8 Å². The molecule has 7 nitrogen and oxygen atoms in total. The Kier molecular flexibility index (Phi) is 4.98. The molecule has 0 unspecified atom stereocenters. The van der Waals surface area contributed by atoms with Gasteiger partial charge in [0.15, 0.2) is 5.11 Å². The third kappa shape index (κ3) is 5.19. The van der Waals surface area contributed by atoms with E-state index in [-0.39, 0.29) is 16.3 Å². The number of carbonyl (C=O) groups is 1. The van der Waals surface area contributed by atoms with E-state index in [2.05, 4.69) is 16.2 Å². The van der Waals surface area contributed by atoms with E-state index in [0.29, 0.717) is 5.56 Å². The van der Waals surface area contributed by atoms with Gasteiger partial charge in [-0.25, -0.2) is 0 Å². The summed E-state index contributed by atoms with van der Waals surface area (Å²) in [6.45, 7) is 5.79. The van der Waals surface area contributed by atoms with Gasteiger partial charge in [-0.05, 0) is 45.1 Å². The number of nitro benzene ring substituents is 1. The summed E-state index contributed by atoms with van der Waals surface area (Å²) in [6.07, 6.45) is 0. The highest BCUT2D eigenvalue weighted by Crippen LogP contribution is 2.11. The zero-order valence-electron chi connectivity index (χ0n) is 11.4. The van der Waals surface area contributed by atoms with Crippen LogP contribution in [0.3, 0.4) is 0 Å². The van der Waals surface area contributed by atoms with Crippen LogP contribution >= 0.6 is 12.2 Å². The van der Waals surface area contributed by atoms with Crippen LogP contribution in [-0.2, 0) is 0 Å². The maximum absolute atomic E-state index is 11.8. The quantitative estimate of drug-likeness (QED) is 0.435. The second kappa shape index (κ2) is 6.29. The first kappa shape index (κ1) is 15.8. The number of nitrogens with one attached hydrogen (secondary N) is 3. The number of hydrazine groups is 1. The number of benzene rings is 1. The molecular weight excluding hydrogens is 280 g/mol. The molecule has 0 aliphatic heterocycles. The van der Waals surface area contributed by atoms with E-state index in [1.165, 1.54) is 24.3 Å². The molecule has 1 aromatic carbocycles. The molecule has 0 spiro atoms. The molecule has 0 aliphatic carbocycles. The molecule has 0 heterocycles. The van der Waals surface area contributed by atoms with Gasteiger partial charge in [0.25, 0.3) is 11.6 Å². The van der Waals surface area contributed by atoms with Crippen LogP contribution in [-0.4, -0.2) is 21.5 Å². The number of hydrogen-bond donors (Lipinski definition) is 3. The summed E-state index contributed by atoms with van der Waals surface area (Å²) in [7, 11) is 0. The Hall–Kier alpha value is -2.22. The molecule has 0 saturated heterocycles. The van der Waals surface area contributed by atoms with Crippen molar-refractivity contribution in [2.24, 2.45) is 0 Å². The van der Waals surface area contributed by atoms with Crippen molar-refractivity contribution in [3.8, 4) is 0 Å². The Balaban J connectivity index is 2.55. The molecule has 0 aromatic heterocycles. The molecule has 0 bridgehead atoms. The Labute approximate surface area is 121 Å². The third-order valence-corrected chi connectivity index (χ3v) is 2.32. The summed E-state index contributed by atoms with van der Waals surface area (Å²) >= 11 is 5.00. The van der Waals surface area contributed by atoms with Crippen LogP contribution in [0.1, 0.15) is 31.1 Å². The molecule has 3 N–H and O–H groups in total. The maximum atomic E-state index is 11.8. The number of thiocarbonyl (C=S) groups is 1. The minimum atomic E-state index is -0.525. The van der Waals surface area contributed by atoms with Crippen molar-refractivity contribution in [1.82, 2.24) is 16.2 Å². The topological polar surface area (TPSA) is 96.3 Å². The van der Waals surface area contributed by atoms with Crippen molar-refractivity contribution >= 4 is 28.9 Å². The lowest BCUT2D eigenvalue weighted by atomic mass is 10.1. The number of hydrogen-bond acceptors (Lipinski definition) is 4. The van der Waals surface area contributed by atoms with Gasteiger partial charge in [0.2, 0.25) is 0 Å². The van der Waals surface area contributed by atoms with E-state index in [1.54, 1.807) is 0 Å². The molecule has 20 heavy (non-hydrogen) atoms. The number of nitrogens with zero attached hydrogens (tertiary/aromatic N) is 1. The fourth-order valence-corrected chi connectivity index (χ4v) is 1.65. The molecule has 0 saturated carbocycles. The van der Waals surface area contributed by atoms with E-state index >= 15 is 0 Å². The van der Waals surface area contributed by atoms with Crippen LogP contribution in [0, 0.1) is 10.1 Å². The van der Waals surface area contributed by atoms with Gasteiger partial charge in [-0.3, -0.25) is 25.8 Å². The van der Waals surface area contributed by atoms with E-state index in [0.717, 1.165) is 0 Å². The second-order valence-corrected chi connectivity index (χ2v) is 5.50. The highest BCUT2D eigenvalue weighted by Gasteiger charge is 2.12. The highest BCUT2D eigenvalue weighted by molar-refractivity contribution is 7.80. The first-order chi connectivity index (χ1) is 9.19. The largest absolute Gasteiger partial charge is 0.357 e. The lowest BCUT2D eigenvalue weighted by molar-refractivity contribution is -0.384. The van der Waals surface area contributed by atoms with Crippen LogP contribution in [0.5, 0.6) is 0 Å². The minimum absolute atomic E-state index is 0.0700. The number of non-ortho nitro benzene ring substituents is 1. The first-order valence-corrected chi connectivity index (χ1v) is 6.23. The van der Waals surface area contributed by atoms with Gasteiger partial charge in [-0.15, -0.1) is 0 Å². The number of amides is 1. The monoisotopic (exact) mass is 296 g/mol. The molecule has 0 fully saturated rings. The summed E-state index contributed by atoms with van der Waals surface area (Å²) in [6, 6.07) is 5.27. The molecule has 0 aliphatic rings. The molecule has 8 heteroatoms. The lowest BCUT2D eigenvalue weighted by Crippen LogP contribution is -2.52. The van der Waals surface area contributed by atoms with Crippen molar-refractivity contribution in [2.75, 3.05) is 0 Å². The van der Waals surface area contributed by atoms with E-state index in [1.807, 2.05) is 20.8 Å². The Morgan fingerprint density at radius 1 is 1.20 bits per heavy atom. The molecule has 1 rings (SSSR count). The minimum Gasteiger partial charge on any atom is -0.357 e. The van der Waals surface area contributed by atoms with Crippen molar-refractivity contribution in [3.05, 3.63) is 39.9 Å². The summed E-state index contributed by atoms with van der Waals surface area (Å²) in [4.78, 5) is 21.7. The zero-order chi connectivity index (χ0) is 15.3. The van der Waals surface area contributed by atoms with Crippen LogP contribution < -0.4 is 16.2 Å². The standard InChI is InChI=1S/C12H16N4O3S/c1-12(2,3)13-11(20)15-14-10(17)8-4-6-9(7-5-8)16(18)19/h4-7H,1-3H3,(H,14,17)(H2,13,15,20). The van der Waals surface area contributed by atoms with Gasteiger partial charge in [0, 0.05) is 23.2 Å². The van der Waals surface area contributed by atoms with Gasteiger partial charge in [0.05, 0.1) is 4.92 Å². The van der Waals surface area contributed by atoms with Gasteiger partial charge < -0.3 is 5.32 Å². The normalized spacial score (nSPS) is 10.6. The zero-order valence-corrected chi connectivity index (χ0v) is 12.2. The average Bonchev–Trinajstić information content (AvgIpc) is 2.34. The smallest absolute Gasteiger partial charge is 0.269 e. The van der Waals surface area contributed by atoms with Crippen LogP contribution in [0.2, 0.25) is 0 Å². The molecule has 108 valence electrons. The second-order valence-electron chi connectivity index (χ2n) is 5.09. The first-order valence-electron chi connectivity index (χ1n) is 5.82. The predicted octanol–water partition coefficient (Wildman–Crippen LogP) is 1.50. The van der Waals surface area contributed by atoms with Gasteiger partial charge in [-0.1, -0.05) is 0 Å². The fraction of sp³-hybridized carbons (Fsp3) is 0.333. The van der Waals surface area contributed by atoms with Crippen molar-refractivity contribution < 1.29 is 9.72 Å². The molecule has 1 aromatic rings. The van der Waals surface area contributed by atoms with Gasteiger partial charge in [0.1, 0.15) is 0 Å². The van der Waals surface area contributed by atoms with Gasteiger partial charge >= 0.3 is 0 Å². The number of carbonyl (C=O) groups excluding carboxylic acids is 1. The summed E-state index contributed by atoms with van der Waals surface area (Å²) in [5, 5.41) is 13.7. The predicted molar refractivity (Wildman–Crippen MR) is 79.2 cm³/mol. The summed E-state index contributed by atoms with van der Waals surface area (Å²) in [5.41, 5.74) is 4.97. The van der Waals surface area contributed by atoms with Crippen molar-refractivity contribution in [2.45, 2.75) is 26.3 Å². The van der Waals surface area contributed by atoms with E-state index in [4.69, 9.17) is 12.2 Å². The van der Waals surface area contributed by atoms with Crippen LogP contribution in [0.15, 0.2) is 24.3 Å². The average molecular weight is 296 g/mol. The lowest BCUT2D eigenvalue weighted by Gasteiger charge is -2.23. The summed E-state index contributed by atoms with van der Waals surface area (Å²) < 4.78 is 0. The SMILES string of the molecule is CC(C)(C)NC(=S)NNC(=O)c1ccc([N+](=O)[O-])cc1. The van der Waals surface area contributed by atoms with Gasteiger partial charge in [-0.2, -0.15) is 0 Å². The van der Waals surface area contributed by atoms with Crippen LogP contribution in [0.25, 0.3) is 0 Å². The third-order valence-electron chi connectivity index (χ3n) is 2.12. The Bertz CT molecular complexity index is 522. The van der Waals surface area contributed by atoms with Crippen molar-refractivity contribution in [3.63, 3.8) is 0 Å². The molecule has 1 amide bonds. The molecular formula is C12H16N4O3S. The molecule has 0 radical (unpaired) electrons. The van der Waals surface area contributed by atoms with Crippen molar-refractivity contribution in [1.29, 1.82) is 0 Å². The maximum Gasteiger partial charge on any atom is 0.269 e. The fourth-order valence-electron chi connectivity index (χ4n) is 1.29. The van der Waals surface area contributed by atoms with E-state index in [9.17, 15) is 14.9 Å². The number of rotatable bonds is 2.